The van der Waals surface area contributed by atoms with Crippen molar-refractivity contribution in [3.05, 3.63) is 0 Å². The van der Waals surface area contributed by atoms with E-state index in [9.17, 15) is 0 Å². The lowest BCUT2D eigenvalue weighted by molar-refractivity contribution is 0.0291. The van der Waals surface area contributed by atoms with E-state index in [4.69, 9.17) is 9.84 Å². The Kier molecular flexibility index (Phi) is 4.69. The highest BCUT2D eigenvalue weighted by atomic mass is 16.5. The number of aliphatic hydroxyl groups excluding tert-OH is 1. The average Bonchev–Trinajstić information content (AvgIpc) is 1.87. The van der Waals surface area contributed by atoms with Crippen molar-refractivity contribution in [2.75, 3.05) is 19.8 Å². The van der Waals surface area contributed by atoms with Crippen molar-refractivity contribution in [3.63, 3.8) is 0 Å². The third-order valence-electron chi connectivity index (χ3n) is 1.97. The first-order valence-corrected chi connectivity index (χ1v) is 4.21. The molecule has 1 unspecified atom stereocenters. The third-order valence-corrected chi connectivity index (χ3v) is 1.97. The van der Waals surface area contributed by atoms with E-state index in [-0.39, 0.29) is 17.9 Å². The Labute approximate surface area is 69.6 Å². The predicted octanol–water partition coefficient (Wildman–Crippen LogP) is 1.68. The molecule has 0 aromatic rings. The molecule has 2 nitrogen and oxygen atoms in total. The fourth-order valence-corrected chi connectivity index (χ4v) is 0.837. The van der Waals surface area contributed by atoms with Gasteiger partial charge in [-0.05, 0) is 12.3 Å². The van der Waals surface area contributed by atoms with Gasteiger partial charge in [-0.15, -0.1) is 0 Å². The van der Waals surface area contributed by atoms with Crippen molar-refractivity contribution in [1.82, 2.24) is 0 Å². The van der Waals surface area contributed by atoms with E-state index in [1.165, 1.54) is 0 Å². The molecule has 0 saturated heterocycles. The zero-order valence-corrected chi connectivity index (χ0v) is 8.05. The molecule has 0 aliphatic heterocycles. The van der Waals surface area contributed by atoms with E-state index in [1.54, 1.807) is 0 Å². The summed E-state index contributed by atoms with van der Waals surface area (Å²) in [6.07, 6.45) is 0. The third kappa shape index (κ3) is 4.38. The summed E-state index contributed by atoms with van der Waals surface area (Å²) in [6, 6.07) is 0. The van der Waals surface area contributed by atoms with Crippen molar-refractivity contribution in [1.29, 1.82) is 0 Å². The van der Waals surface area contributed by atoms with Gasteiger partial charge in [0.25, 0.3) is 0 Å². The standard InChI is InChI=1S/C9H20O2/c1-5-11-7-8(6-10)9(2,3)4/h8,10H,5-7H2,1-4H3. The molecule has 68 valence electrons. The highest BCUT2D eigenvalue weighted by Gasteiger charge is 2.23. The number of rotatable bonds is 4. The molecule has 0 heterocycles. The van der Waals surface area contributed by atoms with Crippen LogP contribution in [0.4, 0.5) is 0 Å². The molecule has 0 rings (SSSR count). The van der Waals surface area contributed by atoms with Gasteiger partial charge in [-0.3, -0.25) is 0 Å². The number of hydrogen-bond donors (Lipinski definition) is 1. The number of hydrogen-bond acceptors (Lipinski definition) is 2. The van der Waals surface area contributed by atoms with Crippen LogP contribution in [-0.4, -0.2) is 24.9 Å². The molecule has 0 radical (unpaired) electrons. The van der Waals surface area contributed by atoms with Gasteiger partial charge in [-0.25, -0.2) is 0 Å². The summed E-state index contributed by atoms with van der Waals surface area (Å²) in [7, 11) is 0. The molecule has 0 fully saturated rings. The molecular weight excluding hydrogens is 140 g/mol. The van der Waals surface area contributed by atoms with Crippen molar-refractivity contribution < 1.29 is 9.84 Å². The fourth-order valence-electron chi connectivity index (χ4n) is 0.837. The Balaban J connectivity index is 3.76. The molecule has 0 aromatic carbocycles. The summed E-state index contributed by atoms with van der Waals surface area (Å²) in [4.78, 5) is 0. The van der Waals surface area contributed by atoms with Gasteiger partial charge >= 0.3 is 0 Å². The van der Waals surface area contributed by atoms with E-state index >= 15 is 0 Å². The Morgan fingerprint density at radius 3 is 2.18 bits per heavy atom. The number of ether oxygens (including phenoxy) is 1. The molecular formula is C9H20O2. The van der Waals surface area contributed by atoms with E-state index in [2.05, 4.69) is 20.8 Å². The quantitative estimate of drug-likeness (QED) is 0.678. The second kappa shape index (κ2) is 4.73. The summed E-state index contributed by atoms with van der Waals surface area (Å²) in [6.45, 7) is 9.93. The van der Waals surface area contributed by atoms with Crippen LogP contribution in [0, 0.1) is 11.3 Å². The van der Waals surface area contributed by atoms with Crippen molar-refractivity contribution in [2.45, 2.75) is 27.7 Å². The molecule has 0 aliphatic rings. The molecule has 1 N–H and O–H groups in total. The van der Waals surface area contributed by atoms with Crippen LogP contribution in [0.15, 0.2) is 0 Å². The SMILES string of the molecule is CCOCC(CO)C(C)(C)C. The second-order valence-electron chi connectivity index (χ2n) is 3.90. The normalized spacial score (nSPS) is 15.0. The highest BCUT2D eigenvalue weighted by Crippen LogP contribution is 2.25. The molecule has 0 aromatic heterocycles. The zero-order valence-electron chi connectivity index (χ0n) is 8.05. The highest BCUT2D eigenvalue weighted by molar-refractivity contribution is 4.72. The lowest BCUT2D eigenvalue weighted by Gasteiger charge is -2.28. The topological polar surface area (TPSA) is 29.5 Å². The van der Waals surface area contributed by atoms with Gasteiger partial charge in [0.2, 0.25) is 0 Å². The van der Waals surface area contributed by atoms with E-state index in [1.807, 2.05) is 6.92 Å². The fraction of sp³-hybridized carbons (Fsp3) is 1.00. The largest absolute Gasteiger partial charge is 0.396 e. The van der Waals surface area contributed by atoms with Crippen LogP contribution in [0.2, 0.25) is 0 Å². The summed E-state index contributed by atoms with van der Waals surface area (Å²) in [5.74, 6) is 0.252. The molecule has 0 bridgehead atoms. The predicted molar refractivity (Wildman–Crippen MR) is 46.5 cm³/mol. The molecule has 1 atom stereocenters. The maximum Gasteiger partial charge on any atom is 0.0521 e. The summed E-state index contributed by atoms with van der Waals surface area (Å²) < 4.78 is 5.25. The minimum atomic E-state index is 0.143. The maximum absolute atomic E-state index is 9.01. The van der Waals surface area contributed by atoms with Crippen molar-refractivity contribution in [3.8, 4) is 0 Å². The molecule has 0 aliphatic carbocycles. The number of aliphatic hydroxyl groups is 1. The van der Waals surface area contributed by atoms with Gasteiger partial charge in [-0.2, -0.15) is 0 Å². The molecule has 0 spiro atoms. The first kappa shape index (κ1) is 10.9. The summed E-state index contributed by atoms with van der Waals surface area (Å²) >= 11 is 0. The Bertz CT molecular complexity index is 94.2. The van der Waals surface area contributed by atoms with Gasteiger partial charge in [0.15, 0.2) is 0 Å². The van der Waals surface area contributed by atoms with Gasteiger partial charge in [0.1, 0.15) is 0 Å². The van der Waals surface area contributed by atoms with Crippen LogP contribution in [-0.2, 0) is 4.74 Å². The van der Waals surface area contributed by atoms with Gasteiger partial charge in [0, 0.05) is 19.1 Å². The van der Waals surface area contributed by atoms with Gasteiger partial charge in [0.05, 0.1) is 6.61 Å². The monoisotopic (exact) mass is 160 g/mol. The van der Waals surface area contributed by atoms with E-state index in [0.717, 1.165) is 6.61 Å². The van der Waals surface area contributed by atoms with E-state index < -0.39 is 0 Å². The summed E-state index contributed by atoms with van der Waals surface area (Å²) in [5, 5.41) is 9.01. The van der Waals surface area contributed by atoms with Crippen LogP contribution >= 0.6 is 0 Å². The van der Waals surface area contributed by atoms with Crippen LogP contribution in [0.25, 0.3) is 0 Å². The average molecular weight is 160 g/mol. The molecule has 0 amide bonds. The Hall–Kier alpha value is -0.0800. The van der Waals surface area contributed by atoms with E-state index in [0.29, 0.717) is 6.61 Å². The van der Waals surface area contributed by atoms with Gasteiger partial charge in [-0.1, -0.05) is 20.8 Å². The minimum absolute atomic E-state index is 0.143. The van der Waals surface area contributed by atoms with Crippen LogP contribution in [0.1, 0.15) is 27.7 Å². The molecule has 0 saturated carbocycles. The van der Waals surface area contributed by atoms with Crippen molar-refractivity contribution in [2.24, 2.45) is 11.3 Å². The lowest BCUT2D eigenvalue weighted by atomic mass is 9.82. The van der Waals surface area contributed by atoms with Gasteiger partial charge < -0.3 is 9.84 Å². The Morgan fingerprint density at radius 1 is 1.36 bits per heavy atom. The van der Waals surface area contributed by atoms with Crippen LogP contribution in [0.3, 0.4) is 0 Å². The van der Waals surface area contributed by atoms with Crippen LogP contribution < -0.4 is 0 Å². The molecule has 2 heteroatoms. The zero-order chi connectivity index (χ0) is 8.91. The second-order valence-corrected chi connectivity index (χ2v) is 3.90. The van der Waals surface area contributed by atoms with Crippen LogP contribution in [0.5, 0.6) is 0 Å². The molecule has 11 heavy (non-hydrogen) atoms. The first-order valence-electron chi connectivity index (χ1n) is 4.21. The maximum atomic E-state index is 9.01. The summed E-state index contributed by atoms with van der Waals surface area (Å²) in [5.41, 5.74) is 0.143. The Morgan fingerprint density at radius 2 is 1.91 bits per heavy atom. The first-order chi connectivity index (χ1) is 5.02. The lowest BCUT2D eigenvalue weighted by Crippen LogP contribution is -2.28. The smallest absolute Gasteiger partial charge is 0.0521 e. The minimum Gasteiger partial charge on any atom is -0.396 e. The van der Waals surface area contributed by atoms with Crippen molar-refractivity contribution >= 4 is 0 Å².